The first kappa shape index (κ1) is 25.4. The Hall–Kier alpha value is -3.70. The number of rotatable bonds is 2. The van der Waals surface area contributed by atoms with Crippen LogP contribution in [-0.4, -0.2) is 67.7 Å². The SMILES string of the molecule is CC1CN(C(=O)c2cn3nc(-c4ccc(F)cc4)cc(C(F)(F)F)c3n2)CCN1C(=O)OC(C)(C)C. The molecule has 0 radical (unpaired) electrons. The number of benzene rings is 1. The summed E-state index contributed by atoms with van der Waals surface area (Å²) in [4.78, 5) is 32.5. The average molecular weight is 507 g/mol. The number of imidazole rings is 1. The molecule has 0 aliphatic carbocycles. The van der Waals surface area contributed by atoms with Crippen LogP contribution in [0.25, 0.3) is 16.9 Å². The highest BCUT2D eigenvalue weighted by atomic mass is 19.4. The summed E-state index contributed by atoms with van der Waals surface area (Å²) >= 11 is 0. The van der Waals surface area contributed by atoms with E-state index in [1.54, 1.807) is 27.7 Å². The summed E-state index contributed by atoms with van der Waals surface area (Å²) in [5.74, 6) is -1.11. The quantitative estimate of drug-likeness (QED) is 0.473. The molecule has 3 aromatic rings. The van der Waals surface area contributed by atoms with Gasteiger partial charge in [0.25, 0.3) is 5.91 Å². The molecule has 1 saturated heterocycles. The van der Waals surface area contributed by atoms with Crippen LogP contribution >= 0.6 is 0 Å². The number of piperazine rings is 1. The number of nitrogens with zero attached hydrogens (tertiary/aromatic N) is 5. The van der Waals surface area contributed by atoms with E-state index in [0.29, 0.717) is 0 Å². The molecular weight excluding hydrogens is 482 g/mol. The highest BCUT2D eigenvalue weighted by molar-refractivity contribution is 5.93. The molecule has 0 bridgehead atoms. The number of carbonyl (C=O) groups excluding carboxylic acids is 2. The molecule has 1 atom stereocenters. The second-order valence-electron chi connectivity index (χ2n) is 9.62. The molecule has 8 nitrogen and oxygen atoms in total. The van der Waals surface area contributed by atoms with E-state index in [9.17, 15) is 27.2 Å². The molecule has 1 aromatic carbocycles. The first-order valence-corrected chi connectivity index (χ1v) is 11.3. The molecule has 12 heteroatoms. The van der Waals surface area contributed by atoms with Crippen LogP contribution in [0.1, 0.15) is 43.7 Å². The lowest BCUT2D eigenvalue weighted by Gasteiger charge is -2.40. The number of halogens is 4. The van der Waals surface area contributed by atoms with Gasteiger partial charge in [-0.1, -0.05) is 0 Å². The lowest BCUT2D eigenvalue weighted by atomic mass is 10.1. The number of aromatic nitrogens is 3. The molecule has 2 aromatic heterocycles. The predicted molar refractivity (Wildman–Crippen MR) is 122 cm³/mol. The molecule has 192 valence electrons. The van der Waals surface area contributed by atoms with Crippen molar-refractivity contribution in [2.75, 3.05) is 19.6 Å². The van der Waals surface area contributed by atoms with Gasteiger partial charge in [0.15, 0.2) is 5.65 Å². The summed E-state index contributed by atoms with van der Waals surface area (Å²) in [6.07, 6.45) is -4.12. The highest BCUT2D eigenvalue weighted by Crippen LogP contribution is 2.34. The van der Waals surface area contributed by atoms with Crippen LogP contribution in [0, 0.1) is 5.82 Å². The van der Waals surface area contributed by atoms with E-state index in [1.165, 1.54) is 21.9 Å². The van der Waals surface area contributed by atoms with Crippen molar-refractivity contribution in [1.29, 1.82) is 0 Å². The van der Waals surface area contributed by atoms with Crippen molar-refractivity contribution < 1.29 is 31.9 Å². The molecule has 0 saturated carbocycles. The van der Waals surface area contributed by atoms with E-state index in [0.717, 1.165) is 28.9 Å². The molecule has 1 unspecified atom stereocenters. The van der Waals surface area contributed by atoms with E-state index in [-0.39, 0.29) is 42.6 Å². The Morgan fingerprint density at radius 2 is 1.75 bits per heavy atom. The molecule has 36 heavy (non-hydrogen) atoms. The molecule has 3 heterocycles. The van der Waals surface area contributed by atoms with E-state index in [2.05, 4.69) is 10.1 Å². The Kier molecular flexibility index (Phi) is 6.40. The maximum Gasteiger partial charge on any atom is 0.420 e. The third kappa shape index (κ3) is 5.26. The van der Waals surface area contributed by atoms with Crippen molar-refractivity contribution in [2.45, 2.75) is 45.5 Å². The number of amides is 2. The van der Waals surface area contributed by atoms with Gasteiger partial charge in [0.05, 0.1) is 11.9 Å². The first-order valence-electron chi connectivity index (χ1n) is 11.3. The summed E-state index contributed by atoms with van der Waals surface area (Å²) in [7, 11) is 0. The average Bonchev–Trinajstić information content (AvgIpc) is 3.20. The Morgan fingerprint density at radius 1 is 1.08 bits per heavy atom. The molecule has 1 aliphatic heterocycles. The smallest absolute Gasteiger partial charge is 0.420 e. The number of alkyl halides is 3. The minimum absolute atomic E-state index is 0.0502. The Morgan fingerprint density at radius 3 is 2.33 bits per heavy atom. The molecule has 0 N–H and O–H groups in total. The lowest BCUT2D eigenvalue weighted by Crippen LogP contribution is -2.56. The Labute approximate surface area is 204 Å². The predicted octanol–water partition coefficient (Wildman–Crippen LogP) is 4.64. The van der Waals surface area contributed by atoms with Crippen LogP contribution in [0.2, 0.25) is 0 Å². The Balaban J connectivity index is 1.62. The van der Waals surface area contributed by atoms with E-state index in [1.807, 2.05) is 0 Å². The van der Waals surface area contributed by atoms with Crippen LogP contribution in [-0.2, 0) is 10.9 Å². The number of ether oxygens (including phenoxy) is 1. The topological polar surface area (TPSA) is 80.0 Å². The van der Waals surface area contributed by atoms with Gasteiger partial charge in [-0.05, 0) is 58.0 Å². The van der Waals surface area contributed by atoms with Gasteiger partial charge in [0.1, 0.15) is 22.7 Å². The normalized spacial score (nSPS) is 16.9. The van der Waals surface area contributed by atoms with Crippen LogP contribution in [0.5, 0.6) is 0 Å². The van der Waals surface area contributed by atoms with Crippen LogP contribution in [0.3, 0.4) is 0 Å². The second-order valence-corrected chi connectivity index (χ2v) is 9.62. The van der Waals surface area contributed by atoms with Gasteiger partial charge < -0.3 is 14.5 Å². The van der Waals surface area contributed by atoms with Crippen molar-refractivity contribution >= 4 is 17.6 Å². The number of hydrogen-bond acceptors (Lipinski definition) is 5. The van der Waals surface area contributed by atoms with Gasteiger partial charge in [-0.15, -0.1) is 0 Å². The van der Waals surface area contributed by atoms with Crippen molar-refractivity contribution in [3.8, 4) is 11.3 Å². The zero-order valence-electron chi connectivity index (χ0n) is 20.1. The minimum atomic E-state index is -4.77. The fourth-order valence-electron chi connectivity index (χ4n) is 3.95. The zero-order chi connectivity index (χ0) is 26.4. The van der Waals surface area contributed by atoms with E-state index >= 15 is 0 Å². The zero-order valence-corrected chi connectivity index (χ0v) is 20.1. The van der Waals surface area contributed by atoms with Gasteiger partial charge in [-0.2, -0.15) is 18.3 Å². The van der Waals surface area contributed by atoms with Gasteiger partial charge in [-0.3, -0.25) is 4.79 Å². The van der Waals surface area contributed by atoms with E-state index in [4.69, 9.17) is 4.74 Å². The number of hydrogen-bond donors (Lipinski definition) is 0. The minimum Gasteiger partial charge on any atom is -0.444 e. The molecule has 0 spiro atoms. The molecule has 4 rings (SSSR count). The fraction of sp³-hybridized carbons (Fsp3) is 0.417. The molecular formula is C24H25F4N5O3. The third-order valence-corrected chi connectivity index (χ3v) is 5.63. The van der Waals surface area contributed by atoms with Gasteiger partial charge in [0, 0.05) is 31.2 Å². The fourth-order valence-corrected chi connectivity index (χ4v) is 3.95. The summed E-state index contributed by atoms with van der Waals surface area (Å²) in [6.45, 7) is 7.54. The maximum atomic E-state index is 13.8. The van der Waals surface area contributed by atoms with Crippen molar-refractivity contribution in [1.82, 2.24) is 24.4 Å². The molecule has 2 amide bonds. The summed E-state index contributed by atoms with van der Waals surface area (Å²) in [5, 5.41) is 4.17. The largest absolute Gasteiger partial charge is 0.444 e. The van der Waals surface area contributed by atoms with E-state index < -0.39 is 40.8 Å². The number of carbonyl (C=O) groups is 2. The summed E-state index contributed by atoms with van der Waals surface area (Å²) in [5.41, 5.74) is -2.24. The molecule has 1 aliphatic rings. The van der Waals surface area contributed by atoms with Crippen molar-refractivity contribution in [3.05, 3.63) is 53.6 Å². The number of fused-ring (bicyclic) bond motifs is 1. The highest BCUT2D eigenvalue weighted by Gasteiger charge is 2.37. The van der Waals surface area contributed by atoms with Gasteiger partial charge in [0.2, 0.25) is 0 Å². The monoisotopic (exact) mass is 507 g/mol. The second kappa shape index (κ2) is 9.07. The lowest BCUT2D eigenvalue weighted by molar-refractivity contribution is -0.136. The first-order chi connectivity index (χ1) is 16.7. The van der Waals surface area contributed by atoms with Gasteiger partial charge in [-0.25, -0.2) is 18.7 Å². The van der Waals surface area contributed by atoms with Crippen LogP contribution in [0.4, 0.5) is 22.4 Å². The molecule has 1 fully saturated rings. The van der Waals surface area contributed by atoms with Crippen LogP contribution < -0.4 is 0 Å². The Bertz CT molecular complexity index is 1300. The summed E-state index contributed by atoms with van der Waals surface area (Å²) in [6, 6.07) is 5.33. The van der Waals surface area contributed by atoms with Crippen LogP contribution in [0.15, 0.2) is 36.5 Å². The van der Waals surface area contributed by atoms with Crippen molar-refractivity contribution in [3.63, 3.8) is 0 Å². The summed E-state index contributed by atoms with van der Waals surface area (Å²) < 4.78 is 61.1. The standard InChI is InChI=1S/C24H25F4N5O3/c1-14-12-31(9-10-32(14)22(35)36-23(2,3)4)21(34)19-13-33-20(29-19)17(24(26,27)28)11-18(30-33)15-5-7-16(25)8-6-15/h5-8,11,13-14H,9-10,12H2,1-4H3. The van der Waals surface area contributed by atoms with Crippen molar-refractivity contribution in [2.24, 2.45) is 0 Å². The van der Waals surface area contributed by atoms with Gasteiger partial charge >= 0.3 is 12.3 Å². The third-order valence-electron chi connectivity index (χ3n) is 5.63. The maximum absolute atomic E-state index is 13.8.